The lowest BCUT2D eigenvalue weighted by atomic mass is 9.98. The number of hydrogen-bond acceptors (Lipinski definition) is 3. The Morgan fingerprint density at radius 3 is 2.23 bits per heavy atom. The molecule has 2 aliphatic carbocycles. The lowest BCUT2D eigenvalue weighted by Crippen LogP contribution is -2.45. The summed E-state index contributed by atoms with van der Waals surface area (Å²) >= 11 is 0. The molecule has 2 aliphatic rings. The van der Waals surface area contributed by atoms with Crippen LogP contribution in [-0.4, -0.2) is 35.9 Å². The molecule has 2 atom stereocenters. The maximum Gasteiger partial charge on any atom is 0.407 e. The SMILES string of the molecule is O=C(N[C@H]1CCC(F)(F)[C@@H]1O)OCC1c2ccccc2-c2ccccc21. The van der Waals surface area contributed by atoms with Crippen LogP contribution in [-0.2, 0) is 4.74 Å². The first-order valence-corrected chi connectivity index (χ1v) is 8.65. The number of alkyl carbamates (subject to hydrolysis) is 1. The first kappa shape index (κ1) is 17.0. The van der Waals surface area contributed by atoms with Crippen molar-refractivity contribution in [2.75, 3.05) is 6.61 Å². The van der Waals surface area contributed by atoms with Gasteiger partial charge in [-0.2, -0.15) is 0 Å². The number of amides is 1. The maximum atomic E-state index is 13.4. The fraction of sp³-hybridized carbons (Fsp3) is 0.350. The summed E-state index contributed by atoms with van der Waals surface area (Å²) in [6, 6.07) is 14.9. The second-order valence-electron chi connectivity index (χ2n) is 6.82. The third-order valence-electron chi connectivity index (χ3n) is 5.25. The molecule has 0 heterocycles. The highest BCUT2D eigenvalue weighted by Gasteiger charge is 2.49. The predicted molar refractivity (Wildman–Crippen MR) is 92.2 cm³/mol. The minimum absolute atomic E-state index is 0.0262. The van der Waals surface area contributed by atoms with E-state index in [-0.39, 0.29) is 18.9 Å². The van der Waals surface area contributed by atoms with E-state index in [0.29, 0.717) is 0 Å². The van der Waals surface area contributed by atoms with Crippen molar-refractivity contribution in [1.29, 1.82) is 0 Å². The number of halogens is 2. The minimum atomic E-state index is -3.17. The van der Waals surface area contributed by atoms with Gasteiger partial charge in [0.25, 0.3) is 5.92 Å². The second-order valence-corrected chi connectivity index (χ2v) is 6.82. The molecular weight excluding hydrogens is 340 g/mol. The predicted octanol–water partition coefficient (Wildman–Crippen LogP) is 3.68. The standard InChI is InChI=1S/C20H19F2NO3/c21-20(22)10-9-17(18(20)24)23-19(25)26-11-16-14-7-3-1-5-12(14)13-6-2-4-8-15(13)16/h1-8,16-18,24H,9-11H2,(H,23,25)/t17-,18+/m0/s1. The van der Waals surface area contributed by atoms with Crippen LogP contribution in [0.4, 0.5) is 13.6 Å². The largest absolute Gasteiger partial charge is 0.449 e. The van der Waals surface area contributed by atoms with Crippen molar-refractivity contribution >= 4 is 6.09 Å². The fourth-order valence-corrected chi connectivity index (χ4v) is 3.89. The van der Waals surface area contributed by atoms with Crippen LogP contribution < -0.4 is 5.32 Å². The number of aliphatic hydroxyl groups is 1. The van der Waals surface area contributed by atoms with Gasteiger partial charge >= 0.3 is 6.09 Å². The molecule has 6 heteroatoms. The third-order valence-corrected chi connectivity index (χ3v) is 5.25. The van der Waals surface area contributed by atoms with E-state index in [4.69, 9.17) is 4.74 Å². The molecule has 0 aromatic heterocycles. The number of carbonyl (C=O) groups excluding carboxylic acids is 1. The number of carbonyl (C=O) groups is 1. The van der Waals surface area contributed by atoms with Gasteiger partial charge < -0.3 is 15.2 Å². The van der Waals surface area contributed by atoms with Crippen molar-refractivity contribution < 1.29 is 23.4 Å². The third kappa shape index (κ3) is 2.84. The van der Waals surface area contributed by atoms with E-state index in [2.05, 4.69) is 5.32 Å². The Kier molecular flexibility index (Phi) is 4.15. The summed E-state index contributed by atoms with van der Waals surface area (Å²) in [5, 5.41) is 12.0. The summed E-state index contributed by atoms with van der Waals surface area (Å²) in [7, 11) is 0. The van der Waals surface area contributed by atoms with Crippen LogP contribution in [0.15, 0.2) is 48.5 Å². The molecule has 2 N–H and O–H groups in total. The van der Waals surface area contributed by atoms with Crippen molar-refractivity contribution in [2.24, 2.45) is 0 Å². The van der Waals surface area contributed by atoms with Gasteiger partial charge in [-0.15, -0.1) is 0 Å². The summed E-state index contributed by atoms with van der Waals surface area (Å²) in [4.78, 5) is 12.0. The number of rotatable bonds is 3. The lowest BCUT2D eigenvalue weighted by Gasteiger charge is -2.20. The average Bonchev–Trinajstić information content (AvgIpc) is 3.09. The van der Waals surface area contributed by atoms with Crippen molar-refractivity contribution in [3.8, 4) is 11.1 Å². The van der Waals surface area contributed by atoms with Crippen LogP contribution in [0.2, 0.25) is 0 Å². The van der Waals surface area contributed by atoms with Crippen molar-refractivity contribution in [2.45, 2.75) is 36.8 Å². The smallest absolute Gasteiger partial charge is 0.407 e. The molecule has 0 spiro atoms. The molecule has 0 radical (unpaired) electrons. The number of alkyl halides is 2. The van der Waals surface area contributed by atoms with E-state index in [1.54, 1.807) is 0 Å². The van der Waals surface area contributed by atoms with Gasteiger partial charge in [0.1, 0.15) is 12.7 Å². The molecule has 4 rings (SSSR count). The molecule has 0 aliphatic heterocycles. The van der Waals surface area contributed by atoms with Crippen LogP contribution in [0.1, 0.15) is 29.9 Å². The van der Waals surface area contributed by atoms with Gasteiger partial charge in [0.2, 0.25) is 0 Å². The highest BCUT2D eigenvalue weighted by atomic mass is 19.3. The molecule has 0 unspecified atom stereocenters. The quantitative estimate of drug-likeness (QED) is 0.879. The molecule has 2 aromatic rings. The summed E-state index contributed by atoms with van der Waals surface area (Å²) < 4.78 is 32.0. The van der Waals surface area contributed by atoms with Crippen molar-refractivity contribution in [3.63, 3.8) is 0 Å². The fourth-order valence-electron chi connectivity index (χ4n) is 3.89. The Bertz CT molecular complexity index is 794. The monoisotopic (exact) mass is 359 g/mol. The van der Waals surface area contributed by atoms with E-state index >= 15 is 0 Å². The molecule has 0 saturated heterocycles. The molecule has 1 amide bonds. The van der Waals surface area contributed by atoms with Gasteiger partial charge in [0.15, 0.2) is 0 Å². The van der Waals surface area contributed by atoms with Gasteiger partial charge in [0.05, 0.1) is 6.04 Å². The zero-order valence-electron chi connectivity index (χ0n) is 14.0. The summed E-state index contributed by atoms with van der Waals surface area (Å²) in [6.07, 6.45) is -3.07. The minimum Gasteiger partial charge on any atom is -0.449 e. The Morgan fingerprint density at radius 2 is 1.69 bits per heavy atom. The van der Waals surface area contributed by atoms with Crippen LogP contribution in [0, 0.1) is 0 Å². The van der Waals surface area contributed by atoms with Crippen LogP contribution in [0.25, 0.3) is 11.1 Å². The van der Waals surface area contributed by atoms with Gasteiger partial charge in [-0.1, -0.05) is 48.5 Å². The molecule has 136 valence electrons. The Morgan fingerprint density at radius 1 is 1.12 bits per heavy atom. The highest BCUT2D eigenvalue weighted by molar-refractivity contribution is 5.79. The van der Waals surface area contributed by atoms with Gasteiger partial charge in [-0.3, -0.25) is 0 Å². The van der Waals surface area contributed by atoms with Gasteiger partial charge in [-0.05, 0) is 28.7 Å². The molecule has 26 heavy (non-hydrogen) atoms. The first-order valence-electron chi connectivity index (χ1n) is 8.65. The molecule has 2 aromatic carbocycles. The van der Waals surface area contributed by atoms with Crippen LogP contribution in [0.3, 0.4) is 0 Å². The van der Waals surface area contributed by atoms with Crippen molar-refractivity contribution in [1.82, 2.24) is 5.32 Å². The molecule has 0 bridgehead atoms. The summed E-state index contributed by atoms with van der Waals surface area (Å²) in [5.74, 6) is -3.26. The maximum absolute atomic E-state index is 13.4. The zero-order chi connectivity index (χ0) is 18.3. The molecule has 1 saturated carbocycles. The molecule has 4 nitrogen and oxygen atoms in total. The van der Waals surface area contributed by atoms with Crippen LogP contribution >= 0.6 is 0 Å². The topological polar surface area (TPSA) is 58.6 Å². The first-order chi connectivity index (χ1) is 12.5. The number of ether oxygens (including phenoxy) is 1. The number of benzene rings is 2. The molecule has 1 fully saturated rings. The number of hydrogen-bond donors (Lipinski definition) is 2. The number of fused-ring (bicyclic) bond motifs is 3. The average molecular weight is 359 g/mol. The van der Waals surface area contributed by atoms with Crippen LogP contribution in [0.5, 0.6) is 0 Å². The van der Waals surface area contributed by atoms with E-state index in [0.717, 1.165) is 22.3 Å². The normalized spacial score (nSPS) is 23.3. The second kappa shape index (κ2) is 6.36. The Labute approximate surface area is 149 Å². The van der Waals surface area contributed by atoms with E-state index in [9.17, 15) is 18.7 Å². The number of nitrogens with one attached hydrogen (secondary N) is 1. The molecular formula is C20H19F2NO3. The van der Waals surface area contributed by atoms with Gasteiger partial charge in [0, 0.05) is 12.3 Å². The van der Waals surface area contributed by atoms with E-state index in [1.165, 1.54) is 0 Å². The van der Waals surface area contributed by atoms with E-state index in [1.807, 2.05) is 48.5 Å². The number of aliphatic hydroxyl groups excluding tert-OH is 1. The van der Waals surface area contributed by atoms with E-state index < -0.39 is 30.6 Å². The summed E-state index contributed by atoms with van der Waals surface area (Å²) in [5.41, 5.74) is 4.38. The van der Waals surface area contributed by atoms with Gasteiger partial charge in [-0.25, -0.2) is 13.6 Å². The lowest BCUT2D eigenvalue weighted by molar-refractivity contribution is -0.0915. The van der Waals surface area contributed by atoms with Crippen molar-refractivity contribution in [3.05, 3.63) is 59.7 Å². The highest BCUT2D eigenvalue weighted by Crippen LogP contribution is 2.44. The Hall–Kier alpha value is -2.47. The summed E-state index contributed by atoms with van der Waals surface area (Å²) in [6.45, 7) is 0.110. The zero-order valence-corrected chi connectivity index (χ0v) is 14.0. The Balaban J connectivity index is 1.44.